The fraction of sp³-hybridized carbons (Fsp3) is 0.429. The highest BCUT2D eigenvalue weighted by Gasteiger charge is 2.18. The minimum atomic E-state index is -0.150. The largest absolute Gasteiger partial charge is 0.465 e. The zero-order valence-corrected chi connectivity index (χ0v) is 12.9. The van der Waals surface area contributed by atoms with Gasteiger partial charge in [0.05, 0.1) is 6.61 Å². The summed E-state index contributed by atoms with van der Waals surface area (Å²) in [7, 11) is 0. The number of ether oxygens (including phenoxy) is 1. The lowest BCUT2D eigenvalue weighted by Crippen LogP contribution is -2.20. The Labute approximate surface area is 123 Å². The molecule has 0 radical (unpaired) electrons. The van der Waals surface area contributed by atoms with Crippen LogP contribution >= 0.6 is 24.0 Å². The number of esters is 1. The first-order chi connectivity index (χ1) is 9.10. The predicted octanol–water partition coefficient (Wildman–Crippen LogP) is 2.90. The molecular formula is C14H19NO2S2. The van der Waals surface area contributed by atoms with Crippen molar-refractivity contribution in [3.05, 3.63) is 35.4 Å². The molecule has 0 saturated heterocycles. The average molecular weight is 297 g/mol. The van der Waals surface area contributed by atoms with E-state index < -0.39 is 0 Å². The highest BCUT2D eigenvalue weighted by atomic mass is 32.2. The number of benzene rings is 1. The molecule has 0 spiro atoms. The summed E-state index contributed by atoms with van der Waals surface area (Å²) >= 11 is 6.59. The fourth-order valence-corrected chi connectivity index (χ4v) is 2.94. The number of thiocarbonyl (C=S) groups is 1. The van der Waals surface area contributed by atoms with E-state index in [1.807, 2.05) is 38.1 Å². The van der Waals surface area contributed by atoms with Crippen LogP contribution in [0.2, 0.25) is 0 Å². The molecule has 0 aliphatic rings. The summed E-state index contributed by atoms with van der Waals surface area (Å²) in [6.07, 6.45) is 0.749. The van der Waals surface area contributed by atoms with Crippen LogP contribution in [-0.4, -0.2) is 22.8 Å². The van der Waals surface area contributed by atoms with Gasteiger partial charge in [-0.25, -0.2) is 0 Å². The van der Waals surface area contributed by atoms with E-state index in [9.17, 15) is 4.79 Å². The molecule has 0 aliphatic heterocycles. The molecule has 0 aromatic heterocycles. The van der Waals surface area contributed by atoms with E-state index in [0.29, 0.717) is 17.3 Å². The van der Waals surface area contributed by atoms with E-state index in [-0.39, 0.29) is 11.2 Å². The first-order valence-electron chi connectivity index (χ1n) is 6.26. The predicted molar refractivity (Wildman–Crippen MR) is 84.3 cm³/mol. The van der Waals surface area contributed by atoms with Crippen molar-refractivity contribution in [2.24, 2.45) is 5.73 Å². The lowest BCUT2D eigenvalue weighted by molar-refractivity contribution is -0.142. The van der Waals surface area contributed by atoms with Crippen LogP contribution in [0.3, 0.4) is 0 Å². The summed E-state index contributed by atoms with van der Waals surface area (Å²) in [4.78, 5) is 12.1. The first-order valence-corrected chi connectivity index (χ1v) is 7.71. The van der Waals surface area contributed by atoms with Crippen LogP contribution in [0.4, 0.5) is 0 Å². The van der Waals surface area contributed by atoms with Crippen LogP contribution in [0, 0.1) is 0 Å². The smallest absolute Gasteiger partial charge is 0.319 e. The van der Waals surface area contributed by atoms with Gasteiger partial charge in [-0.15, -0.1) is 11.8 Å². The van der Waals surface area contributed by atoms with E-state index in [0.717, 1.165) is 17.5 Å². The van der Waals surface area contributed by atoms with E-state index in [1.165, 1.54) is 0 Å². The molecule has 0 bridgehead atoms. The van der Waals surface area contributed by atoms with Crippen LogP contribution in [0.5, 0.6) is 0 Å². The van der Waals surface area contributed by atoms with Crippen molar-refractivity contribution < 1.29 is 9.53 Å². The molecule has 0 aliphatic carbocycles. The maximum absolute atomic E-state index is 11.7. The van der Waals surface area contributed by atoms with Gasteiger partial charge in [-0.2, -0.15) is 0 Å². The number of carbonyl (C=O) groups is 1. The monoisotopic (exact) mass is 297 g/mol. The van der Waals surface area contributed by atoms with Crippen molar-refractivity contribution >= 4 is 34.9 Å². The highest BCUT2D eigenvalue weighted by Crippen LogP contribution is 2.23. The minimum absolute atomic E-state index is 0.139. The molecule has 0 heterocycles. The third-order valence-corrected chi connectivity index (χ3v) is 4.27. The second-order valence-corrected chi connectivity index (χ2v) is 5.61. The van der Waals surface area contributed by atoms with Crippen LogP contribution in [0.15, 0.2) is 24.3 Å². The van der Waals surface area contributed by atoms with Crippen LogP contribution in [0.1, 0.15) is 31.4 Å². The molecule has 104 valence electrons. The topological polar surface area (TPSA) is 52.3 Å². The number of hydrogen-bond donors (Lipinski definition) is 1. The molecule has 2 N–H and O–H groups in total. The Hall–Kier alpha value is -1.07. The van der Waals surface area contributed by atoms with Gasteiger partial charge < -0.3 is 10.5 Å². The van der Waals surface area contributed by atoms with Crippen LogP contribution in [-0.2, 0) is 15.3 Å². The number of thioether (sulfide) groups is 1. The van der Waals surface area contributed by atoms with E-state index in [1.54, 1.807) is 11.8 Å². The summed E-state index contributed by atoms with van der Waals surface area (Å²) in [5, 5.41) is -0.139. The molecular weight excluding hydrogens is 278 g/mol. The highest BCUT2D eigenvalue weighted by molar-refractivity contribution is 7.99. The second kappa shape index (κ2) is 8.17. The third kappa shape index (κ3) is 4.84. The van der Waals surface area contributed by atoms with Gasteiger partial charge in [0.15, 0.2) is 0 Å². The molecule has 1 unspecified atom stereocenters. The first kappa shape index (κ1) is 16.0. The van der Waals surface area contributed by atoms with Crippen LogP contribution in [0.25, 0.3) is 0 Å². The number of hydrogen-bond acceptors (Lipinski definition) is 4. The lowest BCUT2D eigenvalue weighted by atomic mass is 10.1. The maximum atomic E-state index is 11.7. The summed E-state index contributed by atoms with van der Waals surface area (Å²) in [5.41, 5.74) is 7.63. The molecule has 1 aromatic carbocycles. The van der Waals surface area contributed by atoms with Gasteiger partial charge in [-0.3, -0.25) is 4.79 Å². The van der Waals surface area contributed by atoms with E-state index >= 15 is 0 Å². The quantitative estimate of drug-likeness (QED) is 0.619. The molecule has 0 fully saturated rings. The molecule has 5 heteroatoms. The summed E-state index contributed by atoms with van der Waals surface area (Å²) in [6.45, 7) is 4.21. The van der Waals surface area contributed by atoms with Crippen molar-refractivity contribution in [3.63, 3.8) is 0 Å². The summed E-state index contributed by atoms with van der Waals surface area (Å²) in [5.74, 6) is 0.549. The molecule has 0 amide bonds. The summed E-state index contributed by atoms with van der Waals surface area (Å²) < 4.78 is 5.05. The Morgan fingerprint density at radius 3 is 2.68 bits per heavy atom. The van der Waals surface area contributed by atoms with Crippen molar-refractivity contribution in [1.82, 2.24) is 0 Å². The van der Waals surface area contributed by atoms with Gasteiger partial charge in [0.2, 0.25) is 0 Å². The van der Waals surface area contributed by atoms with Gasteiger partial charge in [-0.1, -0.05) is 43.4 Å². The fourth-order valence-electron chi connectivity index (χ4n) is 1.66. The second-order valence-electron chi connectivity index (χ2n) is 3.98. The summed E-state index contributed by atoms with van der Waals surface area (Å²) in [6, 6.07) is 7.75. The number of carbonyl (C=O) groups excluding carboxylic acids is 1. The average Bonchev–Trinajstić information content (AvgIpc) is 2.40. The molecule has 0 saturated carbocycles. The van der Waals surface area contributed by atoms with Crippen molar-refractivity contribution in [2.75, 3.05) is 6.61 Å². The normalized spacial score (nSPS) is 11.9. The van der Waals surface area contributed by atoms with E-state index in [4.69, 9.17) is 22.7 Å². The Balaban J connectivity index is 2.70. The van der Waals surface area contributed by atoms with Gasteiger partial charge in [0.1, 0.15) is 10.2 Å². The van der Waals surface area contributed by atoms with Crippen molar-refractivity contribution in [3.8, 4) is 0 Å². The molecule has 1 rings (SSSR count). The maximum Gasteiger partial charge on any atom is 0.319 e. The van der Waals surface area contributed by atoms with Gasteiger partial charge in [0, 0.05) is 11.3 Å². The Morgan fingerprint density at radius 1 is 1.42 bits per heavy atom. The van der Waals surface area contributed by atoms with Crippen LogP contribution < -0.4 is 5.73 Å². The zero-order chi connectivity index (χ0) is 14.3. The SMILES string of the molecule is CCOC(=O)C(CC)SCc1ccccc1C(N)=S. The zero-order valence-electron chi connectivity index (χ0n) is 11.2. The molecule has 3 nitrogen and oxygen atoms in total. The van der Waals surface area contributed by atoms with Crippen molar-refractivity contribution in [1.29, 1.82) is 0 Å². The lowest BCUT2D eigenvalue weighted by Gasteiger charge is -2.14. The minimum Gasteiger partial charge on any atom is -0.465 e. The van der Waals surface area contributed by atoms with Crippen molar-refractivity contribution in [2.45, 2.75) is 31.3 Å². The van der Waals surface area contributed by atoms with E-state index in [2.05, 4.69) is 0 Å². The Kier molecular flexibility index (Phi) is 6.87. The third-order valence-electron chi connectivity index (χ3n) is 2.64. The number of rotatable bonds is 7. The van der Waals surface area contributed by atoms with Gasteiger partial charge in [-0.05, 0) is 18.9 Å². The standard InChI is InChI=1S/C14H19NO2S2/c1-3-12(14(16)17-4-2)19-9-10-7-5-6-8-11(10)13(15)18/h5-8,12H,3-4,9H2,1-2H3,(H2,15,18). The van der Waals surface area contributed by atoms with Gasteiger partial charge in [0.25, 0.3) is 0 Å². The molecule has 19 heavy (non-hydrogen) atoms. The Bertz CT molecular complexity index is 449. The Morgan fingerprint density at radius 2 is 2.11 bits per heavy atom. The number of nitrogens with two attached hydrogens (primary N) is 1. The molecule has 1 aromatic rings. The van der Waals surface area contributed by atoms with Gasteiger partial charge >= 0.3 is 5.97 Å². The molecule has 1 atom stereocenters.